The summed E-state index contributed by atoms with van der Waals surface area (Å²) in [7, 11) is 0. The number of halogens is 2. The monoisotopic (exact) mass is 367 g/mol. The molecule has 1 saturated heterocycles. The van der Waals surface area contributed by atoms with Gasteiger partial charge < -0.3 is 15.4 Å². The summed E-state index contributed by atoms with van der Waals surface area (Å²) in [5.74, 6) is 0.0705. The summed E-state index contributed by atoms with van der Waals surface area (Å²) in [6, 6.07) is 0.147. The second-order valence-corrected chi connectivity index (χ2v) is 6.56. The first-order valence-electron chi connectivity index (χ1n) is 7.36. The number of aromatic nitrogens is 1. The van der Waals surface area contributed by atoms with E-state index in [1.807, 2.05) is 0 Å². The maximum absolute atomic E-state index is 11.9. The van der Waals surface area contributed by atoms with Crippen LogP contribution in [0.2, 0.25) is 0 Å². The third kappa shape index (κ3) is 5.35. The summed E-state index contributed by atoms with van der Waals surface area (Å²) in [5, 5.41) is 7.30. The minimum absolute atomic E-state index is 0. The molecule has 1 atom stereocenters. The number of hydrogen-bond donors (Lipinski definition) is 2. The number of rotatable bonds is 4. The van der Waals surface area contributed by atoms with Gasteiger partial charge in [0.1, 0.15) is 5.01 Å². The van der Waals surface area contributed by atoms with E-state index >= 15 is 0 Å². The molecule has 1 unspecified atom stereocenters. The first-order valence-corrected chi connectivity index (χ1v) is 8.18. The number of nitrogens with one attached hydrogen (secondary N) is 2. The molecule has 22 heavy (non-hydrogen) atoms. The first kappa shape index (κ1) is 19.6. The van der Waals surface area contributed by atoms with E-state index in [4.69, 9.17) is 4.74 Å². The molecule has 5 nitrogen and oxygen atoms in total. The highest BCUT2D eigenvalue weighted by atomic mass is 35.5. The molecule has 1 aromatic heterocycles. The van der Waals surface area contributed by atoms with Crippen LogP contribution in [0.4, 0.5) is 0 Å². The lowest BCUT2D eigenvalue weighted by molar-refractivity contribution is -0.122. The highest BCUT2D eigenvalue weighted by molar-refractivity contribution is 7.11. The van der Waals surface area contributed by atoms with Gasteiger partial charge >= 0.3 is 0 Å². The number of carbonyl (C=O) groups is 1. The molecule has 0 bridgehead atoms. The topological polar surface area (TPSA) is 63.2 Å². The third-order valence-electron chi connectivity index (χ3n) is 3.76. The Hall–Kier alpha value is -0.400. The molecule has 0 saturated carbocycles. The summed E-state index contributed by atoms with van der Waals surface area (Å²) in [6.45, 7) is 2.75. The van der Waals surface area contributed by atoms with Crippen LogP contribution in [0.5, 0.6) is 0 Å². The van der Waals surface area contributed by atoms with E-state index in [-0.39, 0.29) is 36.8 Å². The molecule has 1 fully saturated rings. The average Bonchev–Trinajstić information content (AvgIpc) is 2.89. The minimum Gasteiger partial charge on any atom is -0.378 e. The number of amides is 1. The summed E-state index contributed by atoms with van der Waals surface area (Å²) in [4.78, 5) is 18.0. The number of morpholine rings is 1. The fraction of sp³-hybridized carbons (Fsp3) is 0.714. The highest BCUT2D eigenvalue weighted by Crippen LogP contribution is 2.26. The van der Waals surface area contributed by atoms with Crippen molar-refractivity contribution in [3.05, 3.63) is 15.6 Å². The lowest BCUT2D eigenvalue weighted by Crippen LogP contribution is -2.44. The largest absolute Gasteiger partial charge is 0.378 e. The first-order chi connectivity index (χ1) is 9.81. The van der Waals surface area contributed by atoms with Gasteiger partial charge in [-0.05, 0) is 25.7 Å². The van der Waals surface area contributed by atoms with Crippen molar-refractivity contribution < 1.29 is 9.53 Å². The van der Waals surface area contributed by atoms with Crippen LogP contribution < -0.4 is 10.6 Å². The van der Waals surface area contributed by atoms with Crippen molar-refractivity contribution in [2.45, 2.75) is 44.7 Å². The van der Waals surface area contributed by atoms with Crippen LogP contribution in [0.1, 0.15) is 34.8 Å². The summed E-state index contributed by atoms with van der Waals surface area (Å²) in [5.41, 5.74) is 1.26. The molecule has 1 aliphatic carbocycles. The zero-order valence-electron chi connectivity index (χ0n) is 12.4. The fourth-order valence-corrected chi connectivity index (χ4v) is 3.80. The molecule has 126 valence electrons. The molecule has 1 aromatic rings. The van der Waals surface area contributed by atoms with Gasteiger partial charge in [-0.3, -0.25) is 4.79 Å². The van der Waals surface area contributed by atoms with Gasteiger partial charge in [-0.2, -0.15) is 0 Å². The van der Waals surface area contributed by atoms with Gasteiger partial charge in [0, 0.05) is 23.9 Å². The fourth-order valence-electron chi connectivity index (χ4n) is 2.70. The van der Waals surface area contributed by atoms with E-state index < -0.39 is 0 Å². The van der Waals surface area contributed by atoms with Crippen molar-refractivity contribution in [1.29, 1.82) is 0 Å². The number of fused-ring (bicyclic) bond motifs is 1. The van der Waals surface area contributed by atoms with Gasteiger partial charge in [0.2, 0.25) is 5.91 Å². The van der Waals surface area contributed by atoms with Crippen molar-refractivity contribution in [3.63, 3.8) is 0 Å². The molecule has 3 rings (SSSR count). The molecule has 0 radical (unpaired) electrons. The molecule has 2 N–H and O–H groups in total. The maximum atomic E-state index is 11.9. The van der Waals surface area contributed by atoms with E-state index in [2.05, 4.69) is 15.6 Å². The predicted octanol–water partition coefficient (Wildman–Crippen LogP) is 1.86. The number of hydrogen-bond acceptors (Lipinski definition) is 5. The molecule has 0 aromatic carbocycles. The second-order valence-electron chi connectivity index (χ2n) is 5.39. The summed E-state index contributed by atoms with van der Waals surface area (Å²) >= 11 is 1.76. The minimum atomic E-state index is 0. The summed E-state index contributed by atoms with van der Waals surface area (Å²) in [6.07, 6.45) is 5.25. The van der Waals surface area contributed by atoms with E-state index in [9.17, 15) is 4.79 Å². The second kappa shape index (κ2) is 9.67. The van der Waals surface area contributed by atoms with E-state index in [0.717, 1.165) is 31.0 Å². The molecular weight excluding hydrogens is 345 g/mol. The highest BCUT2D eigenvalue weighted by Gasteiger charge is 2.18. The Morgan fingerprint density at radius 2 is 2.18 bits per heavy atom. The van der Waals surface area contributed by atoms with E-state index in [1.54, 1.807) is 11.3 Å². The van der Waals surface area contributed by atoms with Crippen LogP contribution in [-0.2, 0) is 28.9 Å². The summed E-state index contributed by atoms with van der Waals surface area (Å²) < 4.78 is 5.35. The Balaban J connectivity index is 0.00000121. The standard InChI is InChI=1S/C14H21N3O2S.2ClH/c18-13(7-10-9-19-6-5-15-10)16-8-14-17-11-3-1-2-4-12(11)20-14;;/h10,15H,1-9H2,(H,16,18);2*1H. The van der Waals surface area contributed by atoms with Crippen molar-refractivity contribution in [2.75, 3.05) is 19.8 Å². The normalized spacial score (nSPS) is 20.3. The van der Waals surface area contributed by atoms with Gasteiger partial charge in [0.25, 0.3) is 0 Å². The molecule has 1 amide bonds. The number of carbonyl (C=O) groups excluding carboxylic acids is 1. The molecule has 8 heteroatoms. The van der Waals surface area contributed by atoms with Crippen molar-refractivity contribution >= 4 is 42.1 Å². The quantitative estimate of drug-likeness (QED) is 0.852. The van der Waals surface area contributed by atoms with Gasteiger partial charge in [-0.25, -0.2) is 4.98 Å². The van der Waals surface area contributed by atoms with E-state index in [0.29, 0.717) is 19.6 Å². The Morgan fingerprint density at radius 1 is 1.36 bits per heavy atom. The van der Waals surface area contributed by atoms with Crippen molar-refractivity contribution in [2.24, 2.45) is 0 Å². The van der Waals surface area contributed by atoms with Crippen LogP contribution in [-0.4, -0.2) is 36.7 Å². The van der Waals surface area contributed by atoms with E-state index in [1.165, 1.54) is 23.4 Å². The van der Waals surface area contributed by atoms with Gasteiger partial charge in [-0.15, -0.1) is 36.2 Å². The molecule has 0 spiro atoms. The van der Waals surface area contributed by atoms with Gasteiger partial charge in [0.05, 0.1) is 25.5 Å². The number of nitrogens with zero attached hydrogens (tertiary/aromatic N) is 1. The smallest absolute Gasteiger partial charge is 0.222 e. The SMILES string of the molecule is Cl.Cl.O=C(CC1COCCN1)NCc1nc2c(s1)CCCC2. The number of ether oxygens (including phenoxy) is 1. The number of aryl methyl sites for hydroxylation is 2. The van der Waals surface area contributed by atoms with Crippen molar-refractivity contribution in [3.8, 4) is 0 Å². The van der Waals surface area contributed by atoms with Gasteiger partial charge in [0.15, 0.2) is 0 Å². The molecular formula is C14H23Cl2N3O2S. The Morgan fingerprint density at radius 3 is 2.91 bits per heavy atom. The Bertz CT molecular complexity index is 455. The molecule has 2 heterocycles. The van der Waals surface area contributed by atoms with Crippen LogP contribution in [0, 0.1) is 0 Å². The lowest BCUT2D eigenvalue weighted by Gasteiger charge is -2.23. The van der Waals surface area contributed by atoms with Crippen LogP contribution in [0.3, 0.4) is 0 Å². The Labute approximate surface area is 147 Å². The zero-order chi connectivity index (χ0) is 13.8. The van der Waals surface area contributed by atoms with Crippen LogP contribution >= 0.6 is 36.2 Å². The van der Waals surface area contributed by atoms with Crippen LogP contribution in [0.25, 0.3) is 0 Å². The average molecular weight is 368 g/mol. The molecule has 1 aliphatic heterocycles. The number of thiazole rings is 1. The van der Waals surface area contributed by atoms with Crippen LogP contribution in [0.15, 0.2) is 0 Å². The molecule has 2 aliphatic rings. The Kier molecular flexibility index (Phi) is 8.64. The van der Waals surface area contributed by atoms with Crippen molar-refractivity contribution in [1.82, 2.24) is 15.6 Å². The maximum Gasteiger partial charge on any atom is 0.222 e. The third-order valence-corrected chi connectivity index (χ3v) is 4.91. The predicted molar refractivity (Wildman–Crippen MR) is 92.3 cm³/mol. The lowest BCUT2D eigenvalue weighted by atomic mass is 10.0. The zero-order valence-corrected chi connectivity index (χ0v) is 14.9. The van der Waals surface area contributed by atoms with Gasteiger partial charge in [-0.1, -0.05) is 0 Å².